The molecule has 0 aliphatic heterocycles. The van der Waals surface area contributed by atoms with Crippen LogP contribution < -0.4 is 5.32 Å². The van der Waals surface area contributed by atoms with E-state index in [9.17, 15) is 8.78 Å². The van der Waals surface area contributed by atoms with Crippen molar-refractivity contribution >= 4 is 11.8 Å². The highest BCUT2D eigenvalue weighted by Crippen LogP contribution is 2.32. The Hall–Kier alpha value is -1.40. The number of benzene rings is 1. The first kappa shape index (κ1) is 15.0. The van der Waals surface area contributed by atoms with E-state index in [4.69, 9.17) is 4.42 Å². The molecular weight excluding hydrogens is 282 g/mol. The minimum absolute atomic E-state index is 0.0971. The molecule has 1 N–H and O–H groups in total. The summed E-state index contributed by atoms with van der Waals surface area (Å²) in [6, 6.07) is 2.91. The molecule has 20 heavy (non-hydrogen) atoms. The average Bonchev–Trinajstić information content (AvgIpc) is 2.77. The zero-order valence-electron chi connectivity index (χ0n) is 11.5. The molecule has 0 aliphatic carbocycles. The fourth-order valence-corrected chi connectivity index (χ4v) is 2.37. The second kappa shape index (κ2) is 6.37. The maximum absolute atomic E-state index is 14.0. The lowest BCUT2D eigenvalue weighted by Crippen LogP contribution is -2.22. The molecule has 0 saturated carbocycles. The van der Waals surface area contributed by atoms with E-state index in [-0.39, 0.29) is 16.2 Å². The molecule has 0 bridgehead atoms. The van der Waals surface area contributed by atoms with E-state index in [0.717, 1.165) is 11.8 Å². The molecule has 0 amide bonds. The van der Waals surface area contributed by atoms with Gasteiger partial charge >= 0.3 is 0 Å². The van der Waals surface area contributed by atoms with Crippen molar-refractivity contribution in [1.82, 2.24) is 10.3 Å². The lowest BCUT2D eigenvalue weighted by atomic mass is 10.2. The van der Waals surface area contributed by atoms with Gasteiger partial charge in [0.15, 0.2) is 0 Å². The van der Waals surface area contributed by atoms with Gasteiger partial charge in [-0.3, -0.25) is 0 Å². The van der Waals surface area contributed by atoms with Gasteiger partial charge in [-0.25, -0.2) is 13.8 Å². The summed E-state index contributed by atoms with van der Waals surface area (Å²) in [7, 11) is 0. The van der Waals surface area contributed by atoms with Crippen molar-refractivity contribution in [2.45, 2.75) is 43.5 Å². The molecule has 0 spiro atoms. The highest BCUT2D eigenvalue weighted by atomic mass is 32.2. The highest BCUT2D eigenvalue weighted by Gasteiger charge is 2.15. The molecule has 3 nitrogen and oxygen atoms in total. The van der Waals surface area contributed by atoms with Gasteiger partial charge in [0.2, 0.25) is 0 Å². The van der Waals surface area contributed by atoms with Crippen molar-refractivity contribution in [3.05, 3.63) is 41.3 Å². The first-order chi connectivity index (χ1) is 9.45. The number of hydrogen-bond acceptors (Lipinski definition) is 4. The Bertz CT molecular complexity index is 576. The summed E-state index contributed by atoms with van der Waals surface area (Å²) in [5, 5.41) is 3.35. The summed E-state index contributed by atoms with van der Waals surface area (Å²) in [6.07, 6.45) is 1.44. The first-order valence-corrected chi connectivity index (χ1v) is 7.08. The molecule has 6 heteroatoms. The topological polar surface area (TPSA) is 38.1 Å². The summed E-state index contributed by atoms with van der Waals surface area (Å²) in [5.74, 6) is -1.21. The molecule has 1 aromatic carbocycles. The van der Waals surface area contributed by atoms with E-state index in [2.05, 4.69) is 10.3 Å². The number of nitrogens with one attached hydrogen (secondary N) is 1. The van der Waals surface area contributed by atoms with Crippen LogP contribution in [0.5, 0.6) is 0 Å². The zero-order chi connectivity index (χ0) is 14.7. The fourth-order valence-electron chi connectivity index (χ4n) is 1.60. The van der Waals surface area contributed by atoms with Crippen LogP contribution in [0.3, 0.4) is 0 Å². The quantitative estimate of drug-likeness (QED) is 0.908. The maximum atomic E-state index is 14.0. The average molecular weight is 298 g/mol. The summed E-state index contributed by atoms with van der Waals surface area (Å²) in [6.45, 7) is 6.12. The molecule has 0 saturated heterocycles. The molecule has 2 rings (SSSR count). The van der Waals surface area contributed by atoms with Crippen molar-refractivity contribution in [2.75, 3.05) is 0 Å². The first-order valence-electron chi connectivity index (χ1n) is 6.27. The number of rotatable bonds is 5. The normalized spacial score (nSPS) is 11.3. The van der Waals surface area contributed by atoms with Crippen LogP contribution in [0.2, 0.25) is 0 Å². The Morgan fingerprint density at radius 2 is 1.95 bits per heavy atom. The Labute approximate surface area is 120 Å². The van der Waals surface area contributed by atoms with Crippen molar-refractivity contribution in [1.29, 1.82) is 0 Å². The maximum Gasteiger partial charge on any atom is 0.260 e. The smallest absolute Gasteiger partial charge is 0.260 e. The minimum Gasteiger partial charge on any atom is -0.439 e. The molecule has 0 fully saturated rings. The summed E-state index contributed by atoms with van der Waals surface area (Å²) in [5.41, 5.74) is 1.24. The van der Waals surface area contributed by atoms with E-state index < -0.39 is 11.6 Å². The predicted octanol–water partition coefficient (Wildman–Crippen LogP) is 3.91. The van der Waals surface area contributed by atoms with Crippen molar-refractivity contribution in [2.24, 2.45) is 0 Å². The number of hydrogen-bond donors (Lipinski definition) is 1. The third-order valence-corrected chi connectivity index (χ3v) is 3.52. The number of oxazole rings is 1. The van der Waals surface area contributed by atoms with Gasteiger partial charge < -0.3 is 9.73 Å². The Morgan fingerprint density at radius 3 is 2.45 bits per heavy atom. The number of aromatic nitrogens is 1. The van der Waals surface area contributed by atoms with E-state index in [1.807, 2.05) is 13.8 Å². The number of halogens is 2. The SMILES string of the molecule is Cc1coc(Sc2c(F)cc(CNC(C)C)cc2F)n1. The van der Waals surface area contributed by atoms with Crippen molar-refractivity contribution in [3.63, 3.8) is 0 Å². The summed E-state index contributed by atoms with van der Waals surface area (Å²) >= 11 is 0.847. The van der Waals surface area contributed by atoms with Crippen LogP contribution in [0.1, 0.15) is 25.1 Å². The second-order valence-corrected chi connectivity index (χ2v) is 5.74. The van der Waals surface area contributed by atoms with Crippen LogP contribution in [0.4, 0.5) is 8.78 Å². The standard InChI is InChI=1S/C14H16F2N2OS/c1-8(2)17-6-10-4-11(15)13(12(16)5-10)20-14-18-9(3)7-19-14/h4-5,7-8,17H,6H2,1-3H3. The molecule has 1 heterocycles. The fraction of sp³-hybridized carbons (Fsp3) is 0.357. The van der Waals surface area contributed by atoms with Gasteiger partial charge in [-0.15, -0.1) is 0 Å². The highest BCUT2D eigenvalue weighted by molar-refractivity contribution is 7.99. The molecule has 0 aliphatic rings. The Morgan fingerprint density at radius 1 is 1.30 bits per heavy atom. The minimum atomic E-state index is -0.605. The van der Waals surface area contributed by atoms with Crippen LogP contribution >= 0.6 is 11.8 Å². The van der Waals surface area contributed by atoms with Gasteiger partial charge in [-0.05, 0) is 36.4 Å². The third-order valence-electron chi connectivity index (χ3n) is 2.56. The van der Waals surface area contributed by atoms with Gasteiger partial charge in [0, 0.05) is 12.6 Å². The summed E-state index contributed by atoms with van der Waals surface area (Å²) < 4.78 is 33.0. The Kier molecular flexibility index (Phi) is 4.77. The molecule has 0 unspecified atom stereocenters. The van der Waals surface area contributed by atoms with Crippen LogP contribution in [-0.4, -0.2) is 11.0 Å². The van der Waals surface area contributed by atoms with E-state index in [1.165, 1.54) is 18.4 Å². The second-order valence-electron chi connectivity index (χ2n) is 4.78. The van der Waals surface area contributed by atoms with Crippen LogP contribution in [0, 0.1) is 18.6 Å². The zero-order valence-corrected chi connectivity index (χ0v) is 12.4. The number of aryl methyl sites for hydroxylation is 1. The van der Waals surface area contributed by atoms with Crippen LogP contribution in [-0.2, 0) is 6.54 Å². The van der Waals surface area contributed by atoms with E-state index in [0.29, 0.717) is 17.8 Å². The largest absolute Gasteiger partial charge is 0.439 e. The van der Waals surface area contributed by atoms with Gasteiger partial charge in [0.05, 0.1) is 10.6 Å². The van der Waals surface area contributed by atoms with Gasteiger partial charge in [0.1, 0.15) is 17.9 Å². The number of nitrogens with zero attached hydrogens (tertiary/aromatic N) is 1. The lowest BCUT2D eigenvalue weighted by Gasteiger charge is -2.10. The predicted molar refractivity (Wildman–Crippen MR) is 73.7 cm³/mol. The lowest BCUT2D eigenvalue weighted by molar-refractivity contribution is 0.451. The summed E-state index contributed by atoms with van der Waals surface area (Å²) in [4.78, 5) is 3.92. The van der Waals surface area contributed by atoms with E-state index >= 15 is 0 Å². The third kappa shape index (κ3) is 3.80. The van der Waals surface area contributed by atoms with Crippen molar-refractivity contribution < 1.29 is 13.2 Å². The molecule has 0 atom stereocenters. The van der Waals surface area contributed by atoms with Crippen LogP contribution in [0.25, 0.3) is 0 Å². The molecule has 108 valence electrons. The molecular formula is C14H16F2N2OS. The van der Waals surface area contributed by atoms with Crippen LogP contribution in [0.15, 0.2) is 32.9 Å². The van der Waals surface area contributed by atoms with Gasteiger partial charge in [-0.1, -0.05) is 13.8 Å². The molecule has 1 aromatic heterocycles. The molecule has 0 radical (unpaired) electrons. The van der Waals surface area contributed by atoms with Gasteiger partial charge in [0.25, 0.3) is 5.22 Å². The Balaban J connectivity index is 2.18. The monoisotopic (exact) mass is 298 g/mol. The van der Waals surface area contributed by atoms with E-state index in [1.54, 1.807) is 6.92 Å². The van der Waals surface area contributed by atoms with Crippen molar-refractivity contribution in [3.8, 4) is 0 Å². The van der Waals surface area contributed by atoms with Gasteiger partial charge in [-0.2, -0.15) is 0 Å². The molecule has 2 aromatic rings.